The molecule has 3 nitrogen and oxygen atoms in total. The van der Waals surface area contributed by atoms with Crippen LogP contribution < -0.4 is 0 Å². The Morgan fingerprint density at radius 1 is 1.40 bits per heavy atom. The second-order valence-corrected chi connectivity index (χ2v) is 4.21. The number of hydrogen-bond donors (Lipinski definition) is 0. The minimum Gasteiger partial charge on any atom is -0.383 e. The summed E-state index contributed by atoms with van der Waals surface area (Å²) in [5, 5.41) is -0.197. The van der Waals surface area contributed by atoms with Gasteiger partial charge in [-0.25, -0.2) is 4.39 Å². The van der Waals surface area contributed by atoms with Crippen molar-refractivity contribution in [1.82, 2.24) is 4.57 Å². The first kappa shape index (κ1) is 14.5. The summed E-state index contributed by atoms with van der Waals surface area (Å²) >= 11 is 0. The zero-order valence-corrected chi connectivity index (χ0v) is 10.5. The zero-order chi connectivity index (χ0) is 14.9. The first-order valence-electron chi connectivity index (χ1n) is 5.74. The van der Waals surface area contributed by atoms with Crippen molar-refractivity contribution in [2.75, 3.05) is 13.7 Å². The van der Waals surface area contributed by atoms with Crippen LogP contribution in [0.25, 0.3) is 10.9 Å². The molecule has 108 valence electrons. The number of carbonyl (C=O) groups excluding carboxylic acids is 1. The van der Waals surface area contributed by atoms with E-state index in [4.69, 9.17) is 4.74 Å². The molecule has 0 N–H and O–H groups in total. The highest BCUT2D eigenvalue weighted by atomic mass is 19.3. The first-order valence-corrected chi connectivity index (χ1v) is 5.74. The normalized spacial score (nSPS) is 12.1. The van der Waals surface area contributed by atoms with Gasteiger partial charge in [-0.05, 0) is 6.07 Å². The van der Waals surface area contributed by atoms with E-state index in [0.717, 1.165) is 12.3 Å². The standard InChI is InChI=1S/C13H11F4NO2/c1-20-6-5-18-7-9(13(16,17)12(15)19)8-3-2-4-10(14)11(8)18/h2-4,7H,5-6H2,1H3. The highest BCUT2D eigenvalue weighted by Crippen LogP contribution is 2.37. The lowest BCUT2D eigenvalue weighted by Gasteiger charge is -2.08. The van der Waals surface area contributed by atoms with Gasteiger partial charge in [-0.2, -0.15) is 13.2 Å². The molecule has 0 atom stereocenters. The Morgan fingerprint density at radius 3 is 2.70 bits per heavy atom. The largest absolute Gasteiger partial charge is 0.383 e. The molecule has 0 saturated carbocycles. The van der Waals surface area contributed by atoms with Gasteiger partial charge in [0.05, 0.1) is 17.7 Å². The SMILES string of the molecule is COCCn1cc(C(F)(F)C(=O)F)c2cccc(F)c21. The van der Waals surface area contributed by atoms with Gasteiger partial charge in [0.15, 0.2) is 0 Å². The molecule has 0 radical (unpaired) electrons. The molecule has 0 aliphatic heterocycles. The highest BCUT2D eigenvalue weighted by Gasteiger charge is 2.44. The minimum absolute atomic E-state index is 0.102. The van der Waals surface area contributed by atoms with Gasteiger partial charge in [-0.3, -0.25) is 4.79 Å². The second-order valence-electron chi connectivity index (χ2n) is 4.21. The topological polar surface area (TPSA) is 31.2 Å². The quantitative estimate of drug-likeness (QED) is 0.626. The average Bonchev–Trinajstić information content (AvgIpc) is 2.77. The number of benzene rings is 1. The van der Waals surface area contributed by atoms with Crippen LogP contribution in [0.15, 0.2) is 24.4 Å². The lowest BCUT2D eigenvalue weighted by molar-refractivity contribution is -0.156. The lowest BCUT2D eigenvalue weighted by atomic mass is 10.1. The molecule has 0 aliphatic carbocycles. The third kappa shape index (κ3) is 2.29. The van der Waals surface area contributed by atoms with Crippen molar-refractivity contribution in [3.8, 4) is 0 Å². The maximum Gasteiger partial charge on any atom is 0.375 e. The van der Waals surface area contributed by atoms with Crippen molar-refractivity contribution >= 4 is 16.9 Å². The summed E-state index contributed by atoms with van der Waals surface area (Å²) in [4.78, 5) is 10.5. The fraction of sp³-hybridized carbons (Fsp3) is 0.308. The maximum atomic E-state index is 13.8. The van der Waals surface area contributed by atoms with E-state index >= 15 is 0 Å². The molecule has 1 aromatic heterocycles. The molecule has 1 aromatic carbocycles. The Bertz CT molecular complexity index is 651. The molecular weight excluding hydrogens is 278 g/mol. The molecule has 2 aromatic rings. The third-order valence-electron chi connectivity index (χ3n) is 2.97. The molecular formula is C13H11F4NO2. The van der Waals surface area contributed by atoms with Crippen molar-refractivity contribution in [3.63, 3.8) is 0 Å². The number of hydrogen-bond acceptors (Lipinski definition) is 2. The van der Waals surface area contributed by atoms with Gasteiger partial charge in [0.2, 0.25) is 0 Å². The fourth-order valence-electron chi connectivity index (χ4n) is 2.04. The Hall–Kier alpha value is -1.89. The maximum absolute atomic E-state index is 13.8. The first-order chi connectivity index (χ1) is 9.39. The summed E-state index contributed by atoms with van der Waals surface area (Å²) in [6, 6.07) is 0.770. The van der Waals surface area contributed by atoms with Gasteiger partial charge in [0.25, 0.3) is 0 Å². The highest BCUT2D eigenvalue weighted by molar-refractivity contribution is 5.91. The number of ether oxygens (including phenoxy) is 1. The third-order valence-corrected chi connectivity index (χ3v) is 2.97. The van der Waals surface area contributed by atoms with Crippen LogP contribution in [0, 0.1) is 5.82 Å². The molecule has 0 aliphatic rings. The van der Waals surface area contributed by atoms with Gasteiger partial charge in [0.1, 0.15) is 5.82 Å². The number of nitrogens with zero attached hydrogens (tertiary/aromatic N) is 1. The molecule has 0 unspecified atom stereocenters. The number of para-hydroxylation sites is 1. The summed E-state index contributed by atoms with van der Waals surface area (Å²) in [5.41, 5.74) is -0.962. The minimum atomic E-state index is -4.30. The number of methoxy groups -OCH3 is 1. The fourth-order valence-corrected chi connectivity index (χ4v) is 2.04. The van der Waals surface area contributed by atoms with Crippen LogP contribution in [0.1, 0.15) is 5.56 Å². The summed E-state index contributed by atoms with van der Waals surface area (Å²) in [6.07, 6.45) is 0.879. The van der Waals surface area contributed by atoms with Gasteiger partial charge in [-0.15, -0.1) is 0 Å². The van der Waals surface area contributed by atoms with Crippen LogP contribution in [0.5, 0.6) is 0 Å². The predicted octanol–water partition coefficient (Wildman–Crippen LogP) is 3.01. The Kier molecular flexibility index (Phi) is 3.80. The summed E-state index contributed by atoms with van der Waals surface area (Å²) in [7, 11) is 1.41. The molecule has 0 bridgehead atoms. The van der Waals surface area contributed by atoms with Gasteiger partial charge >= 0.3 is 12.0 Å². The molecule has 1 heterocycles. The van der Waals surface area contributed by atoms with Crippen LogP contribution in [0.4, 0.5) is 17.6 Å². The molecule has 0 fully saturated rings. The Balaban J connectivity index is 2.68. The van der Waals surface area contributed by atoms with E-state index in [1.807, 2.05) is 0 Å². The zero-order valence-electron chi connectivity index (χ0n) is 10.5. The van der Waals surface area contributed by atoms with Gasteiger partial charge < -0.3 is 9.30 Å². The van der Waals surface area contributed by atoms with Crippen molar-refractivity contribution in [1.29, 1.82) is 0 Å². The number of halogens is 4. The number of alkyl halides is 2. The second kappa shape index (κ2) is 5.24. The van der Waals surface area contributed by atoms with E-state index < -0.39 is 23.3 Å². The Labute approximate surface area is 111 Å². The van der Waals surface area contributed by atoms with Crippen molar-refractivity contribution in [2.24, 2.45) is 0 Å². The van der Waals surface area contributed by atoms with Gasteiger partial charge in [-0.1, -0.05) is 12.1 Å². The molecule has 0 saturated heterocycles. The van der Waals surface area contributed by atoms with E-state index in [9.17, 15) is 22.4 Å². The molecule has 20 heavy (non-hydrogen) atoms. The van der Waals surface area contributed by atoms with Crippen molar-refractivity contribution in [3.05, 3.63) is 35.8 Å². The van der Waals surface area contributed by atoms with Crippen molar-refractivity contribution in [2.45, 2.75) is 12.5 Å². The number of aromatic nitrogens is 1. The van der Waals surface area contributed by atoms with Crippen LogP contribution >= 0.6 is 0 Å². The van der Waals surface area contributed by atoms with E-state index in [0.29, 0.717) is 0 Å². The predicted molar refractivity (Wildman–Crippen MR) is 63.8 cm³/mol. The van der Waals surface area contributed by atoms with Crippen LogP contribution in [-0.2, 0) is 22.0 Å². The van der Waals surface area contributed by atoms with E-state index in [-0.39, 0.29) is 24.1 Å². The summed E-state index contributed by atoms with van der Waals surface area (Å²) < 4.78 is 59.5. The van der Waals surface area contributed by atoms with Crippen LogP contribution in [-0.4, -0.2) is 24.3 Å². The average molecular weight is 289 g/mol. The van der Waals surface area contributed by atoms with E-state index in [1.165, 1.54) is 23.8 Å². The number of rotatable bonds is 5. The smallest absolute Gasteiger partial charge is 0.375 e. The molecule has 2 rings (SSSR count). The number of fused-ring (bicyclic) bond motifs is 1. The molecule has 0 spiro atoms. The summed E-state index contributed by atoms with van der Waals surface area (Å²) in [6.45, 7) is 0.261. The lowest BCUT2D eigenvalue weighted by Crippen LogP contribution is -2.21. The van der Waals surface area contributed by atoms with E-state index in [2.05, 4.69) is 0 Å². The molecule has 7 heteroatoms. The van der Waals surface area contributed by atoms with Crippen molar-refractivity contribution < 1.29 is 27.1 Å². The summed E-state index contributed by atoms with van der Waals surface area (Å²) in [5.74, 6) is -5.03. The van der Waals surface area contributed by atoms with Crippen LogP contribution in [0.3, 0.4) is 0 Å². The van der Waals surface area contributed by atoms with Crippen LogP contribution in [0.2, 0.25) is 0 Å². The van der Waals surface area contributed by atoms with E-state index in [1.54, 1.807) is 0 Å². The number of carbonyl (C=O) groups is 1. The van der Waals surface area contributed by atoms with Gasteiger partial charge in [0, 0.05) is 25.2 Å². The monoisotopic (exact) mass is 289 g/mol. The molecule has 0 amide bonds. The Morgan fingerprint density at radius 2 is 2.10 bits per heavy atom.